The van der Waals surface area contributed by atoms with Crippen molar-refractivity contribution in [2.24, 2.45) is 0 Å². The smallest absolute Gasteiger partial charge is 0.237 e. The number of rotatable bonds is 10. The fourth-order valence-corrected chi connectivity index (χ4v) is 4.94. The first kappa shape index (κ1) is 23.5. The summed E-state index contributed by atoms with van der Waals surface area (Å²) in [6.07, 6.45) is 3.32. The Kier molecular flexibility index (Phi) is 7.92. The predicted octanol–water partition coefficient (Wildman–Crippen LogP) is 4.21. The lowest BCUT2D eigenvalue weighted by atomic mass is 10.00. The Hall–Kier alpha value is -2.15. The van der Waals surface area contributed by atoms with Crippen LogP contribution in [0.2, 0.25) is 0 Å². The molecule has 0 aliphatic carbocycles. The number of thiophene rings is 1. The fraction of sp³-hybridized carbons (Fsp3) is 0.480. The molecule has 0 spiro atoms. The number of hydrogen-bond acceptors (Lipinski definition) is 5. The molecule has 2 atom stereocenters. The van der Waals surface area contributed by atoms with Gasteiger partial charge in [-0.2, -0.15) is 0 Å². The normalized spacial score (nSPS) is 17.8. The summed E-state index contributed by atoms with van der Waals surface area (Å²) < 4.78 is 6.10. The largest absolute Gasteiger partial charge is 0.491 e. The van der Waals surface area contributed by atoms with Gasteiger partial charge in [-0.05, 0) is 62.4 Å². The Labute approximate surface area is 189 Å². The highest BCUT2D eigenvalue weighted by atomic mass is 32.1. The molecular weight excluding hydrogens is 408 g/mol. The van der Waals surface area contributed by atoms with Crippen LogP contribution in [0, 0.1) is 6.92 Å². The molecule has 3 rings (SSSR count). The van der Waals surface area contributed by atoms with Gasteiger partial charge in [-0.15, -0.1) is 17.9 Å². The van der Waals surface area contributed by atoms with Crippen LogP contribution in [-0.2, 0) is 11.2 Å². The van der Waals surface area contributed by atoms with Crippen LogP contribution in [-0.4, -0.2) is 59.2 Å². The third kappa shape index (κ3) is 6.19. The third-order valence-electron chi connectivity index (χ3n) is 5.73. The minimum atomic E-state index is -1.02. The van der Waals surface area contributed by atoms with E-state index in [1.807, 2.05) is 34.1 Å². The number of amides is 1. The maximum absolute atomic E-state index is 13.4. The van der Waals surface area contributed by atoms with E-state index < -0.39 is 5.60 Å². The molecule has 0 unspecified atom stereocenters. The molecule has 1 amide bonds. The molecule has 168 valence electrons. The lowest BCUT2D eigenvalue weighted by Gasteiger charge is -2.37. The van der Waals surface area contributed by atoms with Gasteiger partial charge < -0.3 is 14.7 Å². The highest BCUT2D eigenvalue weighted by Gasteiger charge is 2.33. The van der Waals surface area contributed by atoms with E-state index in [-0.39, 0.29) is 18.5 Å². The number of aliphatic hydroxyl groups is 1. The standard InChI is InChI=1S/C25H34N2O3S/c1-5-13-26(18-25(4,29)6-2)16-24(28)27-14-11-23-21(12-15-31-23)22(27)17-30-20-9-7-19(3)8-10-20/h6-10,12,15,22,29H,2,5,11,13-14,16-18H2,1,3-4H3/t22-,25+/m0/s1. The topological polar surface area (TPSA) is 53.0 Å². The van der Waals surface area contributed by atoms with Crippen LogP contribution in [0.25, 0.3) is 0 Å². The first-order valence-electron chi connectivity index (χ1n) is 11.0. The molecule has 5 nitrogen and oxygen atoms in total. The Balaban J connectivity index is 1.74. The number of carbonyl (C=O) groups is 1. The van der Waals surface area contributed by atoms with Gasteiger partial charge in [-0.3, -0.25) is 9.69 Å². The van der Waals surface area contributed by atoms with E-state index in [2.05, 4.69) is 31.9 Å². The Bertz CT molecular complexity index is 875. The van der Waals surface area contributed by atoms with Crippen molar-refractivity contribution >= 4 is 17.2 Å². The number of nitrogens with zero attached hydrogens (tertiary/aromatic N) is 2. The summed E-state index contributed by atoms with van der Waals surface area (Å²) in [4.78, 5) is 18.7. The maximum Gasteiger partial charge on any atom is 0.237 e. The molecule has 0 bridgehead atoms. The molecule has 0 radical (unpaired) electrons. The molecule has 6 heteroatoms. The molecule has 0 fully saturated rings. The van der Waals surface area contributed by atoms with Crippen molar-refractivity contribution in [1.82, 2.24) is 9.80 Å². The summed E-state index contributed by atoms with van der Waals surface area (Å²) in [6.45, 7) is 12.1. The second kappa shape index (κ2) is 10.4. The SMILES string of the molecule is C=C[C@@](C)(O)CN(CCC)CC(=O)N1CCc2sccc2[C@@H]1COc1ccc(C)cc1. The highest BCUT2D eigenvalue weighted by Crippen LogP contribution is 2.34. The average molecular weight is 443 g/mol. The van der Waals surface area contributed by atoms with Crippen molar-refractivity contribution in [2.75, 3.05) is 32.8 Å². The molecule has 2 heterocycles. The molecule has 1 N–H and O–H groups in total. The summed E-state index contributed by atoms with van der Waals surface area (Å²) in [5.74, 6) is 0.887. The van der Waals surface area contributed by atoms with Gasteiger partial charge in [0.15, 0.2) is 0 Å². The van der Waals surface area contributed by atoms with Gasteiger partial charge in [-0.1, -0.05) is 30.7 Å². The van der Waals surface area contributed by atoms with Gasteiger partial charge >= 0.3 is 0 Å². The van der Waals surface area contributed by atoms with Crippen LogP contribution in [0.5, 0.6) is 5.75 Å². The Morgan fingerprint density at radius 1 is 1.39 bits per heavy atom. The van der Waals surface area contributed by atoms with Gasteiger partial charge in [0.25, 0.3) is 0 Å². The summed E-state index contributed by atoms with van der Waals surface area (Å²) in [5.41, 5.74) is 1.36. The minimum absolute atomic E-state index is 0.0719. The molecule has 1 aromatic carbocycles. The molecule has 1 aromatic heterocycles. The summed E-state index contributed by atoms with van der Waals surface area (Å²) in [7, 11) is 0. The second-order valence-corrected chi connectivity index (χ2v) is 9.55. The summed E-state index contributed by atoms with van der Waals surface area (Å²) >= 11 is 1.75. The van der Waals surface area contributed by atoms with Gasteiger partial charge in [0.05, 0.1) is 18.2 Å². The van der Waals surface area contributed by atoms with E-state index in [0.29, 0.717) is 19.7 Å². The molecular formula is C25H34N2O3S. The van der Waals surface area contributed by atoms with Crippen molar-refractivity contribution < 1.29 is 14.6 Å². The van der Waals surface area contributed by atoms with Gasteiger partial charge in [0.2, 0.25) is 5.91 Å². The van der Waals surface area contributed by atoms with Crippen molar-refractivity contribution in [3.05, 3.63) is 64.4 Å². The van der Waals surface area contributed by atoms with Gasteiger partial charge in [0.1, 0.15) is 12.4 Å². The molecule has 1 aliphatic heterocycles. The van der Waals surface area contributed by atoms with Crippen molar-refractivity contribution in [3.63, 3.8) is 0 Å². The zero-order valence-corrected chi connectivity index (χ0v) is 19.7. The zero-order chi connectivity index (χ0) is 22.4. The van der Waals surface area contributed by atoms with Crippen LogP contribution in [0.3, 0.4) is 0 Å². The Morgan fingerprint density at radius 2 is 2.13 bits per heavy atom. The average Bonchev–Trinajstić information content (AvgIpc) is 3.22. The fourth-order valence-electron chi connectivity index (χ4n) is 4.01. The summed E-state index contributed by atoms with van der Waals surface area (Å²) in [6, 6.07) is 10.0. The summed E-state index contributed by atoms with van der Waals surface area (Å²) in [5, 5.41) is 12.5. The van der Waals surface area contributed by atoms with Crippen molar-refractivity contribution in [2.45, 2.75) is 45.3 Å². The lowest BCUT2D eigenvalue weighted by molar-refractivity contribution is -0.136. The van der Waals surface area contributed by atoms with E-state index in [1.54, 1.807) is 18.3 Å². The molecule has 0 saturated carbocycles. The van der Waals surface area contributed by atoms with Crippen molar-refractivity contribution in [3.8, 4) is 5.75 Å². The van der Waals surface area contributed by atoms with Crippen LogP contribution >= 0.6 is 11.3 Å². The second-order valence-electron chi connectivity index (χ2n) is 8.55. The monoisotopic (exact) mass is 442 g/mol. The third-order valence-corrected chi connectivity index (χ3v) is 6.72. The van der Waals surface area contributed by atoms with E-state index >= 15 is 0 Å². The van der Waals surface area contributed by atoms with Crippen LogP contribution < -0.4 is 4.74 Å². The van der Waals surface area contributed by atoms with Crippen LogP contribution in [0.1, 0.15) is 42.3 Å². The van der Waals surface area contributed by atoms with Gasteiger partial charge in [0, 0.05) is 18.0 Å². The van der Waals surface area contributed by atoms with Crippen molar-refractivity contribution in [1.29, 1.82) is 0 Å². The quantitative estimate of drug-likeness (QED) is 0.560. The van der Waals surface area contributed by atoms with Gasteiger partial charge in [-0.25, -0.2) is 0 Å². The highest BCUT2D eigenvalue weighted by molar-refractivity contribution is 7.10. The van der Waals surface area contributed by atoms with E-state index in [9.17, 15) is 9.90 Å². The first-order valence-corrected chi connectivity index (χ1v) is 11.8. The Morgan fingerprint density at radius 3 is 2.81 bits per heavy atom. The number of benzene rings is 1. The number of hydrogen-bond donors (Lipinski definition) is 1. The lowest BCUT2D eigenvalue weighted by Crippen LogP contribution is -2.49. The maximum atomic E-state index is 13.4. The van der Waals surface area contributed by atoms with E-state index in [4.69, 9.17) is 4.74 Å². The van der Waals surface area contributed by atoms with E-state index in [0.717, 1.165) is 25.1 Å². The number of ether oxygens (including phenoxy) is 1. The number of carbonyl (C=O) groups excluding carboxylic acids is 1. The number of aryl methyl sites for hydroxylation is 1. The van der Waals surface area contributed by atoms with Crippen LogP contribution in [0.15, 0.2) is 48.4 Å². The number of fused-ring (bicyclic) bond motifs is 1. The predicted molar refractivity (Wildman–Crippen MR) is 127 cm³/mol. The zero-order valence-electron chi connectivity index (χ0n) is 18.8. The van der Waals surface area contributed by atoms with E-state index in [1.165, 1.54) is 22.1 Å². The molecule has 2 aromatic rings. The molecule has 1 aliphatic rings. The first-order chi connectivity index (χ1) is 14.8. The molecule has 31 heavy (non-hydrogen) atoms. The van der Waals surface area contributed by atoms with Crippen LogP contribution in [0.4, 0.5) is 0 Å². The molecule has 0 saturated heterocycles. The minimum Gasteiger partial charge on any atom is -0.491 e.